The number of aromatic amines is 1. The summed E-state index contributed by atoms with van der Waals surface area (Å²) in [4.78, 5) is 11.8. The second-order valence-corrected chi connectivity index (χ2v) is 7.37. The monoisotopic (exact) mass is 456 g/mol. The predicted molar refractivity (Wildman–Crippen MR) is 129 cm³/mol. The van der Waals surface area contributed by atoms with Crippen molar-refractivity contribution in [2.24, 2.45) is 0 Å². The van der Waals surface area contributed by atoms with Crippen molar-refractivity contribution >= 4 is 12.0 Å². The van der Waals surface area contributed by atoms with Gasteiger partial charge in [0.05, 0.1) is 18.4 Å². The van der Waals surface area contributed by atoms with Crippen LogP contribution in [-0.4, -0.2) is 27.9 Å². The van der Waals surface area contributed by atoms with Crippen LogP contribution in [0.5, 0.6) is 23.0 Å². The van der Waals surface area contributed by atoms with Crippen LogP contribution in [0.4, 0.5) is 0 Å². The Morgan fingerprint density at radius 1 is 1.06 bits per heavy atom. The number of hydrogen-bond acceptors (Lipinski definition) is 6. The number of carbonyl (C=O) groups excluding carboxylic acids is 1. The van der Waals surface area contributed by atoms with Gasteiger partial charge in [-0.25, -0.2) is 4.79 Å². The SMILES string of the molecule is C=Cc1ccc(COc2ccc(-c3[nH]ncc3Oc3ccc(C(=O)OCC)cc3)c(O)c2)cc1. The zero-order valence-corrected chi connectivity index (χ0v) is 18.7. The number of H-pyrrole nitrogens is 1. The molecule has 2 N–H and O–H groups in total. The van der Waals surface area contributed by atoms with E-state index in [0.29, 0.717) is 47.3 Å². The molecule has 0 atom stereocenters. The van der Waals surface area contributed by atoms with E-state index in [9.17, 15) is 9.90 Å². The molecular formula is C27H24N2O5. The lowest BCUT2D eigenvalue weighted by atomic mass is 10.1. The molecule has 1 aromatic heterocycles. The highest BCUT2D eigenvalue weighted by Gasteiger charge is 2.15. The summed E-state index contributed by atoms with van der Waals surface area (Å²) < 4.78 is 16.7. The van der Waals surface area contributed by atoms with Gasteiger partial charge in [0.15, 0.2) is 5.75 Å². The molecule has 0 bridgehead atoms. The van der Waals surface area contributed by atoms with Crippen molar-refractivity contribution in [2.75, 3.05) is 6.61 Å². The molecule has 3 aromatic carbocycles. The highest BCUT2D eigenvalue weighted by Crippen LogP contribution is 2.38. The minimum absolute atomic E-state index is 0.0197. The minimum Gasteiger partial charge on any atom is -0.507 e. The van der Waals surface area contributed by atoms with E-state index in [1.807, 2.05) is 24.3 Å². The summed E-state index contributed by atoms with van der Waals surface area (Å²) in [7, 11) is 0. The third kappa shape index (κ3) is 5.27. The van der Waals surface area contributed by atoms with E-state index in [4.69, 9.17) is 14.2 Å². The Balaban J connectivity index is 1.45. The number of ether oxygens (including phenoxy) is 3. The maximum absolute atomic E-state index is 11.8. The first kappa shape index (κ1) is 22.7. The Morgan fingerprint density at radius 3 is 2.47 bits per heavy atom. The zero-order valence-electron chi connectivity index (χ0n) is 18.7. The Labute approximate surface area is 197 Å². The largest absolute Gasteiger partial charge is 0.507 e. The lowest BCUT2D eigenvalue weighted by Gasteiger charge is -2.11. The number of hydrogen-bond donors (Lipinski definition) is 2. The van der Waals surface area contributed by atoms with Crippen molar-refractivity contribution in [3.05, 3.63) is 96.2 Å². The summed E-state index contributed by atoms with van der Waals surface area (Å²) in [5.74, 6) is 1.10. The fourth-order valence-electron chi connectivity index (χ4n) is 3.28. The number of nitrogens with one attached hydrogen (secondary N) is 1. The van der Waals surface area contributed by atoms with Crippen molar-refractivity contribution in [3.8, 4) is 34.3 Å². The average Bonchev–Trinajstić information content (AvgIpc) is 3.31. The van der Waals surface area contributed by atoms with Gasteiger partial charge in [-0.05, 0) is 54.4 Å². The minimum atomic E-state index is -0.390. The average molecular weight is 456 g/mol. The molecule has 172 valence electrons. The summed E-state index contributed by atoms with van der Waals surface area (Å²) in [5, 5.41) is 17.5. The number of carbonyl (C=O) groups is 1. The number of esters is 1. The van der Waals surface area contributed by atoms with Crippen molar-refractivity contribution < 1.29 is 24.1 Å². The molecule has 4 aromatic rings. The van der Waals surface area contributed by atoms with Crippen LogP contribution in [0.2, 0.25) is 0 Å². The Hall–Kier alpha value is -4.52. The van der Waals surface area contributed by atoms with E-state index in [1.54, 1.807) is 55.5 Å². The zero-order chi connectivity index (χ0) is 23.9. The first-order valence-corrected chi connectivity index (χ1v) is 10.7. The van der Waals surface area contributed by atoms with Gasteiger partial charge in [-0.1, -0.05) is 36.9 Å². The van der Waals surface area contributed by atoms with Gasteiger partial charge < -0.3 is 19.3 Å². The molecule has 4 rings (SSSR count). The molecule has 1 heterocycles. The number of nitrogens with zero attached hydrogens (tertiary/aromatic N) is 1. The number of aromatic hydroxyl groups is 1. The smallest absolute Gasteiger partial charge is 0.338 e. The highest BCUT2D eigenvalue weighted by atomic mass is 16.5. The first-order chi connectivity index (χ1) is 16.6. The third-order valence-corrected chi connectivity index (χ3v) is 5.06. The second-order valence-electron chi connectivity index (χ2n) is 7.37. The van der Waals surface area contributed by atoms with E-state index in [-0.39, 0.29) is 11.7 Å². The lowest BCUT2D eigenvalue weighted by molar-refractivity contribution is 0.0526. The van der Waals surface area contributed by atoms with Crippen molar-refractivity contribution in [3.63, 3.8) is 0 Å². The van der Waals surface area contributed by atoms with Crippen LogP contribution in [0.25, 0.3) is 17.3 Å². The molecule has 0 fully saturated rings. The second kappa shape index (κ2) is 10.4. The van der Waals surface area contributed by atoms with E-state index in [0.717, 1.165) is 11.1 Å². The molecule has 7 heteroatoms. The summed E-state index contributed by atoms with van der Waals surface area (Å²) in [6, 6.07) is 19.5. The van der Waals surface area contributed by atoms with Crippen molar-refractivity contribution in [1.82, 2.24) is 10.2 Å². The standard InChI is InChI=1S/C27H24N2O5/c1-3-18-5-7-19(8-6-18)17-33-22-13-14-23(24(30)15-22)26-25(16-28-29-26)34-21-11-9-20(10-12-21)27(31)32-4-2/h3,5-16,30H,1,4,17H2,2H3,(H,28,29). The van der Waals surface area contributed by atoms with Gasteiger partial charge in [-0.15, -0.1) is 0 Å². The molecule has 7 nitrogen and oxygen atoms in total. The van der Waals surface area contributed by atoms with Gasteiger partial charge in [0.1, 0.15) is 29.5 Å². The summed E-state index contributed by atoms with van der Waals surface area (Å²) in [5.41, 5.74) is 3.51. The number of benzene rings is 3. The van der Waals surface area contributed by atoms with Crippen LogP contribution in [0, 0.1) is 0 Å². The highest BCUT2D eigenvalue weighted by molar-refractivity contribution is 5.89. The normalized spacial score (nSPS) is 10.5. The molecule has 0 aliphatic carbocycles. The number of phenolic OH excluding ortho intramolecular Hbond substituents is 1. The number of phenols is 1. The Kier molecular flexibility index (Phi) is 6.93. The predicted octanol–water partition coefficient (Wildman–Crippen LogP) is 5.97. The summed E-state index contributed by atoms with van der Waals surface area (Å²) >= 11 is 0. The van der Waals surface area contributed by atoms with Crippen molar-refractivity contribution in [2.45, 2.75) is 13.5 Å². The van der Waals surface area contributed by atoms with Gasteiger partial charge in [0, 0.05) is 11.6 Å². The molecular weight excluding hydrogens is 432 g/mol. The molecule has 0 unspecified atom stereocenters. The quantitative estimate of drug-likeness (QED) is 0.301. The fourth-order valence-corrected chi connectivity index (χ4v) is 3.28. The van der Waals surface area contributed by atoms with Gasteiger partial charge in [0.2, 0.25) is 0 Å². The van der Waals surface area contributed by atoms with Crippen LogP contribution in [0.15, 0.2) is 79.5 Å². The fraction of sp³-hybridized carbons (Fsp3) is 0.111. The van der Waals surface area contributed by atoms with Crippen LogP contribution in [0.1, 0.15) is 28.4 Å². The molecule has 0 aliphatic heterocycles. The third-order valence-electron chi connectivity index (χ3n) is 5.06. The van der Waals surface area contributed by atoms with Crippen LogP contribution < -0.4 is 9.47 Å². The molecule has 0 radical (unpaired) electrons. The van der Waals surface area contributed by atoms with Gasteiger partial charge >= 0.3 is 5.97 Å². The van der Waals surface area contributed by atoms with Gasteiger partial charge in [-0.2, -0.15) is 5.10 Å². The van der Waals surface area contributed by atoms with Gasteiger partial charge in [0.25, 0.3) is 0 Å². The molecule has 0 amide bonds. The molecule has 0 aliphatic rings. The Morgan fingerprint density at radius 2 is 1.79 bits per heavy atom. The van der Waals surface area contributed by atoms with Gasteiger partial charge in [-0.3, -0.25) is 5.10 Å². The van der Waals surface area contributed by atoms with Crippen LogP contribution in [0.3, 0.4) is 0 Å². The maximum atomic E-state index is 11.8. The first-order valence-electron chi connectivity index (χ1n) is 10.7. The van der Waals surface area contributed by atoms with Crippen molar-refractivity contribution in [1.29, 1.82) is 0 Å². The number of rotatable bonds is 9. The molecule has 0 spiro atoms. The maximum Gasteiger partial charge on any atom is 0.338 e. The van der Waals surface area contributed by atoms with E-state index >= 15 is 0 Å². The summed E-state index contributed by atoms with van der Waals surface area (Å²) in [6.07, 6.45) is 3.30. The van der Waals surface area contributed by atoms with Crippen LogP contribution >= 0.6 is 0 Å². The van der Waals surface area contributed by atoms with Crippen LogP contribution in [-0.2, 0) is 11.3 Å². The van der Waals surface area contributed by atoms with E-state index in [1.165, 1.54) is 6.20 Å². The topological polar surface area (TPSA) is 93.7 Å². The molecule has 34 heavy (non-hydrogen) atoms. The Bertz CT molecular complexity index is 1280. The summed E-state index contributed by atoms with van der Waals surface area (Å²) in [6.45, 7) is 6.19. The van der Waals surface area contributed by atoms with E-state index in [2.05, 4.69) is 16.8 Å². The molecule has 0 saturated carbocycles. The van der Waals surface area contributed by atoms with E-state index < -0.39 is 0 Å². The number of aromatic nitrogens is 2. The lowest BCUT2D eigenvalue weighted by Crippen LogP contribution is -2.04. The molecule has 0 saturated heterocycles.